The molecule has 170 valence electrons. The van der Waals surface area contributed by atoms with Crippen molar-refractivity contribution in [1.29, 1.82) is 0 Å². The van der Waals surface area contributed by atoms with Crippen molar-refractivity contribution in [1.82, 2.24) is 19.2 Å². The number of thiophene rings is 1. The summed E-state index contributed by atoms with van der Waals surface area (Å²) >= 11 is 1.84. The molecule has 36 heavy (non-hydrogen) atoms. The molecule has 0 amide bonds. The maximum Gasteiger partial charge on any atom is 0.137 e. The van der Waals surface area contributed by atoms with Crippen molar-refractivity contribution in [3.8, 4) is 16.9 Å². The molecule has 0 saturated carbocycles. The molecule has 8 rings (SSSR count). The van der Waals surface area contributed by atoms with Crippen LogP contribution in [-0.2, 0) is 0 Å². The highest BCUT2D eigenvalue weighted by Crippen LogP contribution is 2.41. The number of pyridine rings is 2. The quantitative estimate of drug-likeness (QED) is 0.250. The Balaban J connectivity index is 1.46. The topological polar surface area (TPSA) is 35.1 Å². The first-order chi connectivity index (χ1) is 17.8. The third-order valence-electron chi connectivity index (χ3n) is 7.12. The van der Waals surface area contributed by atoms with E-state index in [-0.39, 0.29) is 0 Å². The number of hydrogen-bond acceptors (Lipinski definition) is 3. The molecular weight excluding hydrogens is 460 g/mol. The molecule has 0 spiro atoms. The van der Waals surface area contributed by atoms with Gasteiger partial charge in [-0.25, -0.2) is 9.50 Å². The van der Waals surface area contributed by atoms with Crippen molar-refractivity contribution in [2.24, 2.45) is 0 Å². The highest BCUT2D eigenvalue weighted by molar-refractivity contribution is 7.20. The molecule has 0 aliphatic carbocycles. The summed E-state index contributed by atoms with van der Waals surface area (Å²) in [5.41, 5.74) is 6.95. The summed E-state index contributed by atoms with van der Waals surface area (Å²) in [7, 11) is 0. The summed E-state index contributed by atoms with van der Waals surface area (Å²) in [5.74, 6) is 0.926. The normalized spacial score (nSPS) is 12.0. The SMILES string of the molecule is Cc1cc2c3ccccc3n3ncc(-c4ccc5c(c4)c4ccccc4n5-c4ccccn4)c3c2s1. The zero-order valence-electron chi connectivity index (χ0n) is 19.5. The first kappa shape index (κ1) is 19.8. The molecule has 0 bridgehead atoms. The number of benzene rings is 3. The van der Waals surface area contributed by atoms with Crippen LogP contribution in [0.4, 0.5) is 0 Å². The lowest BCUT2D eigenvalue weighted by Gasteiger charge is -2.08. The number of hydrogen-bond donors (Lipinski definition) is 0. The van der Waals surface area contributed by atoms with Crippen LogP contribution in [0.15, 0.2) is 103 Å². The van der Waals surface area contributed by atoms with Gasteiger partial charge in [0, 0.05) is 38.2 Å². The largest absolute Gasteiger partial charge is 0.294 e. The molecular formula is C31H20N4S. The molecule has 8 aromatic rings. The third-order valence-corrected chi connectivity index (χ3v) is 8.18. The highest BCUT2D eigenvalue weighted by Gasteiger charge is 2.18. The minimum atomic E-state index is 0.926. The van der Waals surface area contributed by atoms with Gasteiger partial charge in [-0.2, -0.15) is 5.10 Å². The van der Waals surface area contributed by atoms with Gasteiger partial charge in [0.05, 0.1) is 33.0 Å². The third kappa shape index (κ3) is 2.63. The molecule has 0 saturated heterocycles. The zero-order valence-corrected chi connectivity index (χ0v) is 20.3. The molecule has 0 aliphatic heterocycles. The maximum absolute atomic E-state index is 4.89. The second-order valence-corrected chi connectivity index (χ2v) is 10.5. The standard InChI is InChI=1S/C31H20N4S/c1-19-16-24-22-9-3-5-11-28(22)35-30(31(24)36-19)25(18-33-35)20-13-14-27-23(17-20)21-8-2-4-10-26(21)34(27)29-12-6-7-15-32-29/h2-18H,1H3. The van der Waals surface area contributed by atoms with Crippen LogP contribution in [0.5, 0.6) is 0 Å². The number of aryl methyl sites for hydroxylation is 1. The van der Waals surface area contributed by atoms with Gasteiger partial charge in [-0.1, -0.05) is 48.5 Å². The number of para-hydroxylation sites is 2. The summed E-state index contributed by atoms with van der Waals surface area (Å²) in [6, 6.07) is 32.2. The Kier molecular flexibility index (Phi) is 3.99. The molecule has 0 atom stereocenters. The van der Waals surface area contributed by atoms with E-state index in [0.717, 1.165) is 27.9 Å². The van der Waals surface area contributed by atoms with Gasteiger partial charge in [0.1, 0.15) is 5.82 Å². The molecule has 0 aliphatic rings. The molecule has 0 radical (unpaired) electrons. The van der Waals surface area contributed by atoms with Gasteiger partial charge in [0.2, 0.25) is 0 Å². The van der Waals surface area contributed by atoms with E-state index >= 15 is 0 Å². The average molecular weight is 481 g/mol. The monoisotopic (exact) mass is 480 g/mol. The fourth-order valence-electron chi connectivity index (χ4n) is 5.61. The number of rotatable bonds is 2. The van der Waals surface area contributed by atoms with E-state index in [9.17, 15) is 0 Å². The average Bonchev–Trinajstić information content (AvgIpc) is 3.62. The van der Waals surface area contributed by atoms with E-state index in [1.54, 1.807) is 0 Å². The lowest BCUT2D eigenvalue weighted by Crippen LogP contribution is -1.96. The number of aromatic nitrogens is 4. The molecule has 0 unspecified atom stereocenters. The smallest absolute Gasteiger partial charge is 0.137 e. The Morgan fingerprint density at radius 3 is 2.28 bits per heavy atom. The van der Waals surface area contributed by atoms with Gasteiger partial charge in [0.15, 0.2) is 0 Å². The van der Waals surface area contributed by atoms with E-state index in [4.69, 9.17) is 5.10 Å². The predicted molar refractivity (Wildman–Crippen MR) is 150 cm³/mol. The van der Waals surface area contributed by atoms with Crippen molar-refractivity contribution >= 4 is 59.6 Å². The van der Waals surface area contributed by atoms with Gasteiger partial charge in [-0.3, -0.25) is 4.57 Å². The summed E-state index contributed by atoms with van der Waals surface area (Å²) < 4.78 is 5.65. The van der Waals surface area contributed by atoms with Gasteiger partial charge in [0.25, 0.3) is 0 Å². The maximum atomic E-state index is 4.89. The van der Waals surface area contributed by atoms with Crippen molar-refractivity contribution in [3.05, 3.63) is 108 Å². The first-order valence-corrected chi connectivity index (χ1v) is 12.8. The minimum absolute atomic E-state index is 0.926. The van der Waals surface area contributed by atoms with E-state index in [1.807, 2.05) is 35.9 Å². The van der Waals surface area contributed by atoms with Gasteiger partial charge < -0.3 is 0 Å². The molecule has 4 nitrogen and oxygen atoms in total. The van der Waals surface area contributed by atoms with Crippen molar-refractivity contribution in [2.75, 3.05) is 0 Å². The number of fused-ring (bicyclic) bond motifs is 9. The lowest BCUT2D eigenvalue weighted by molar-refractivity contribution is 1.01. The van der Waals surface area contributed by atoms with E-state index in [0.29, 0.717) is 0 Å². The van der Waals surface area contributed by atoms with Crippen LogP contribution >= 0.6 is 11.3 Å². The van der Waals surface area contributed by atoms with E-state index in [1.165, 1.54) is 42.2 Å². The molecule has 5 aromatic heterocycles. The Morgan fingerprint density at radius 2 is 1.44 bits per heavy atom. The van der Waals surface area contributed by atoms with Crippen LogP contribution in [0.25, 0.3) is 65.3 Å². The summed E-state index contributed by atoms with van der Waals surface area (Å²) in [4.78, 5) is 5.96. The van der Waals surface area contributed by atoms with E-state index < -0.39 is 0 Å². The van der Waals surface area contributed by atoms with Crippen LogP contribution < -0.4 is 0 Å². The summed E-state index contributed by atoms with van der Waals surface area (Å²) in [5, 5.41) is 9.87. The Morgan fingerprint density at radius 1 is 0.694 bits per heavy atom. The summed E-state index contributed by atoms with van der Waals surface area (Å²) in [6.07, 6.45) is 3.87. The van der Waals surface area contributed by atoms with Crippen molar-refractivity contribution < 1.29 is 0 Å². The molecule has 5 heterocycles. The van der Waals surface area contributed by atoms with Crippen molar-refractivity contribution in [3.63, 3.8) is 0 Å². The second-order valence-electron chi connectivity index (χ2n) is 9.21. The highest BCUT2D eigenvalue weighted by atomic mass is 32.1. The van der Waals surface area contributed by atoms with Gasteiger partial charge in [-0.15, -0.1) is 11.3 Å². The lowest BCUT2D eigenvalue weighted by atomic mass is 10.0. The Bertz CT molecular complexity index is 2110. The molecule has 0 N–H and O–H groups in total. The molecule has 3 aromatic carbocycles. The predicted octanol–water partition coefficient (Wildman–Crippen LogP) is 8.17. The Labute approximate surface area is 210 Å². The molecule has 5 heteroatoms. The van der Waals surface area contributed by atoms with Crippen LogP contribution in [-0.4, -0.2) is 19.2 Å². The Hall–Kier alpha value is -4.48. The second kappa shape index (κ2) is 7.26. The van der Waals surface area contributed by atoms with E-state index in [2.05, 4.69) is 99.9 Å². The molecule has 0 fully saturated rings. The van der Waals surface area contributed by atoms with Crippen LogP contribution in [0.2, 0.25) is 0 Å². The van der Waals surface area contributed by atoms with Crippen molar-refractivity contribution in [2.45, 2.75) is 6.92 Å². The van der Waals surface area contributed by atoms with Gasteiger partial charge >= 0.3 is 0 Å². The van der Waals surface area contributed by atoms with Crippen LogP contribution in [0.3, 0.4) is 0 Å². The fraction of sp³-hybridized carbons (Fsp3) is 0.0323. The first-order valence-electron chi connectivity index (χ1n) is 12.0. The van der Waals surface area contributed by atoms with Crippen LogP contribution in [0.1, 0.15) is 4.88 Å². The number of nitrogens with zero attached hydrogens (tertiary/aromatic N) is 4. The zero-order chi connectivity index (χ0) is 23.8. The minimum Gasteiger partial charge on any atom is -0.294 e. The van der Waals surface area contributed by atoms with Gasteiger partial charge in [-0.05, 0) is 55.0 Å². The fourth-order valence-corrected chi connectivity index (χ4v) is 6.68. The summed E-state index contributed by atoms with van der Waals surface area (Å²) in [6.45, 7) is 2.19. The van der Waals surface area contributed by atoms with Crippen LogP contribution in [0, 0.1) is 6.92 Å².